The molecule has 0 unspecified atom stereocenters. The van der Waals surface area contributed by atoms with Crippen molar-refractivity contribution >= 4 is 11.7 Å². The lowest BCUT2D eigenvalue weighted by Gasteiger charge is -2.28. The summed E-state index contributed by atoms with van der Waals surface area (Å²) in [5, 5.41) is 15.1. The summed E-state index contributed by atoms with van der Waals surface area (Å²) in [6.07, 6.45) is 0. The van der Waals surface area contributed by atoms with E-state index in [0.717, 1.165) is 18.8 Å². The predicted octanol–water partition coefficient (Wildman–Crippen LogP) is 0.768. The number of hydrogen-bond donors (Lipinski definition) is 3. The van der Waals surface area contributed by atoms with Crippen LogP contribution in [0.5, 0.6) is 0 Å². The van der Waals surface area contributed by atoms with E-state index in [0.29, 0.717) is 11.6 Å². The van der Waals surface area contributed by atoms with Crippen LogP contribution in [0.1, 0.15) is 10.4 Å². The zero-order valence-electron chi connectivity index (χ0n) is 7.66. The van der Waals surface area contributed by atoms with Crippen molar-refractivity contribution in [2.75, 3.05) is 18.4 Å². The van der Waals surface area contributed by atoms with Crippen LogP contribution in [0.2, 0.25) is 0 Å². The van der Waals surface area contributed by atoms with E-state index in [1.807, 2.05) is 0 Å². The minimum absolute atomic E-state index is 0.322. The van der Waals surface area contributed by atoms with Crippen molar-refractivity contribution in [2.45, 2.75) is 6.04 Å². The van der Waals surface area contributed by atoms with Crippen LogP contribution in [0.25, 0.3) is 0 Å². The Balaban J connectivity index is 2.01. The van der Waals surface area contributed by atoms with Crippen molar-refractivity contribution < 1.29 is 9.90 Å². The van der Waals surface area contributed by atoms with E-state index < -0.39 is 5.97 Å². The van der Waals surface area contributed by atoms with Crippen LogP contribution >= 0.6 is 0 Å². The van der Waals surface area contributed by atoms with Gasteiger partial charge in [-0.2, -0.15) is 0 Å². The largest absolute Gasteiger partial charge is 0.478 e. The van der Waals surface area contributed by atoms with E-state index >= 15 is 0 Å². The number of aromatic carboxylic acids is 1. The predicted molar refractivity (Wildman–Crippen MR) is 53.7 cm³/mol. The van der Waals surface area contributed by atoms with Gasteiger partial charge in [-0.25, -0.2) is 4.79 Å². The third kappa shape index (κ3) is 1.85. The summed E-state index contributed by atoms with van der Waals surface area (Å²) in [7, 11) is 0. The van der Waals surface area contributed by atoms with Gasteiger partial charge in [-0.3, -0.25) is 0 Å². The Morgan fingerprint density at radius 2 is 2.00 bits per heavy atom. The van der Waals surface area contributed by atoms with Gasteiger partial charge in [0.05, 0.1) is 11.6 Å². The first-order valence-electron chi connectivity index (χ1n) is 4.56. The first-order valence-corrected chi connectivity index (χ1v) is 4.56. The van der Waals surface area contributed by atoms with E-state index in [1.165, 1.54) is 0 Å². The molecule has 0 aliphatic carbocycles. The van der Waals surface area contributed by atoms with E-state index in [2.05, 4.69) is 10.6 Å². The lowest BCUT2D eigenvalue weighted by atomic mass is 10.1. The van der Waals surface area contributed by atoms with Crippen molar-refractivity contribution in [3.8, 4) is 0 Å². The molecule has 1 aliphatic heterocycles. The number of nitrogens with one attached hydrogen (secondary N) is 2. The van der Waals surface area contributed by atoms with Crippen molar-refractivity contribution in [1.29, 1.82) is 0 Å². The molecule has 4 nitrogen and oxygen atoms in total. The van der Waals surface area contributed by atoms with E-state index in [1.54, 1.807) is 24.3 Å². The van der Waals surface area contributed by atoms with Crippen molar-refractivity contribution in [3.63, 3.8) is 0 Å². The Bertz CT molecular complexity index is 330. The average molecular weight is 192 g/mol. The van der Waals surface area contributed by atoms with Gasteiger partial charge in [0.15, 0.2) is 0 Å². The normalized spacial score (nSPS) is 16.0. The van der Waals surface area contributed by atoms with Gasteiger partial charge in [-0.1, -0.05) is 0 Å². The molecule has 0 amide bonds. The molecule has 0 saturated carbocycles. The summed E-state index contributed by atoms with van der Waals surface area (Å²) >= 11 is 0. The Labute approximate surface area is 81.9 Å². The van der Waals surface area contributed by atoms with Crippen molar-refractivity contribution in [3.05, 3.63) is 29.8 Å². The van der Waals surface area contributed by atoms with Gasteiger partial charge in [0, 0.05) is 18.8 Å². The van der Waals surface area contributed by atoms with Crippen LogP contribution < -0.4 is 10.6 Å². The highest BCUT2D eigenvalue weighted by Crippen LogP contribution is 2.11. The first-order chi connectivity index (χ1) is 6.75. The molecule has 1 aromatic carbocycles. The zero-order valence-corrected chi connectivity index (χ0v) is 7.66. The Morgan fingerprint density at radius 3 is 2.43 bits per heavy atom. The highest BCUT2D eigenvalue weighted by Gasteiger charge is 2.15. The fourth-order valence-corrected chi connectivity index (χ4v) is 1.34. The van der Waals surface area contributed by atoms with Gasteiger partial charge in [-0.05, 0) is 24.3 Å². The molecule has 3 N–H and O–H groups in total. The third-order valence-electron chi connectivity index (χ3n) is 2.28. The highest BCUT2D eigenvalue weighted by molar-refractivity contribution is 5.87. The van der Waals surface area contributed by atoms with Crippen LogP contribution in [0, 0.1) is 0 Å². The van der Waals surface area contributed by atoms with Gasteiger partial charge in [0.2, 0.25) is 0 Å². The van der Waals surface area contributed by atoms with Gasteiger partial charge in [0.25, 0.3) is 0 Å². The minimum Gasteiger partial charge on any atom is -0.478 e. The van der Waals surface area contributed by atoms with Gasteiger partial charge >= 0.3 is 5.97 Å². The number of carbonyl (C=O) groups is 1. The molecule has 0 bridgehead atoms. The van der Waals surface area contributed by atoms with Crippen LogP contribution in [-0.4, -0.2) is 30.2 Å². The van der Waals surface area contributed by atoms with Gasteiger partial charge in [-0.15, -0.1) is 0 Å². The summed E-state index contributed by atoms with van der Waals surface area (Å²) in [4.78, 5) is 10.6. The fourth-order valence-electron chi connectivity index (χ4n) is 1.34. The van der Waals surface area contributed by atoms with Crippen LogP contribution in [0.15, 0.2) is 24.3 Å². The van der Waals surface area contributed by atoms with Gasteiger partial charge < -0.3 is 15.7 Å². The summed E-state index contributed by atoms with van der Waals surface area (Å²) in [6.45, 7) is 1.95. The monoisotopic (exact) mass is 192 g/mol. The maximum Gasteiger partial charge on any atom is 0.335 e. The lowest BCUT2D eigenvalue weighted by Crippen LogP contribution is -2.51. The van der Waals surface area contributed by atoms with Crippen LogP contribution in [0.3, 0.4) is 0 Å². The standard InChI is InChI=1S/C10H12N2O2/c13-10(14)7-1-3-8(4-2-7)12-9-5-11-6-9/h1-4,9,11-12H,5-6H2,(H,13,14). The smallest absolute Gasteiger partial charge is 0.335 e. The second-order valence-corrected chi connectivity index (χ2v) is 3.38. The average Bonchev–Trinajstić information content (AvgIpc) is 2.12. The number of carboxylic acids is 1. The SMILES string of the molecule is O=C(O)c1ccc(NC2CNC2)cc1. The molecule has 1 saturated heterocycles. The molecule has 2 rings (SSSR count). The molecule has 1 aromatic rings. The van der Waals surface area contributed by atoms with E-state index in [9.17, 15) is 4.79 Å². The summed E-state index contributed by atoms with van der Waals surface area (Å²) < 4.78 is 0. The molecular formula is C10H12N2O2. The molecule has 0 spiro atoms. The third-order valence-corrected chi connectivity index (χ3v) is 2.28. The molecule has 1 heterocycles. The lowest BCUT2D eigenvalue weighted by molar-refractivity contribution is 0.0697. The molecular weight excluding hydrogens is 180 g/mol. The number of benzene rings is 1. The summed E-state index contributed by atoms with van der Waals surface area (Å²) in [5.41, 5.74) is 1.30. The molecule has 74 valence electrons. The number of hydrogen-bond acceptors (Lipinski definition) is 3. The van der Waals surface area contributed by atoms with Crippen LogP contribution in [-0.2, 0) is 0 Å². The quantitative estimate of drug-likeness (QED) is 0.662. The molecule has 4 heteroatoms. The maximum atomic E-state index is 10.6. The number of carboxylic acid groups (broad SMARTS) is 1. The number of rotatable bonds is 3. The second-order valence-electron chi connectivity index (χ2n) is 3.38. The van der Waals surface area contributed by atoms with Crippen LogP contribution in [0.4, 0.5) is 5.69 Å². The fraction of sp³-hybridized carbons (Fsp3) is 0.300. The Kier molecular flexibility index (Phi) is 2.37. The van der Waals surface area contributed by atoms with E-state index in [4.69, 9.17) is 5.11 Å². The first kappa shape index (κ1) is 9.02. The zero-order chi connectivity index (χ0) is 9.97. The Hall–Kier alpha value is -1.55. The van der Waals surface area contributed by atoms with Crippen molar-refractivity contribution in [2.24, 2.45) is 0 Å². The Morgan fingerprint density at radius 1 is 1.36 bits per heavy atom. The molecule has 0 radical (unpaired) electrons. The molecule has 0 aromatic heterocycles. The van der Waals surface area contributed by atoms with Crippen molar-refractivity contribution in [1.82, 2.24) is 5.32 Å². The second kappa shape index (κ2) is 3.67. The maximum absolute atomic E-state index is 10.6. The number of anilines is 1. The van der Waals surface area contributed by atoms with Gasteiger partial charge in [0.1, 0.15) is 0 Å². The topological polar surface area (TPSA) is 61.4 Å². The summed E-state index contributed by atoms with van der Waals surface area (Å²) in [5.74, 6) is -0.887. The molecule has 14 heavy (non-hydrogen) atoms. The molecule has 1 aliphatic rings. The highest BCUT2D eigenvalue weighted by atomic mass is 16.4. The minimum atomic E-state index is -0.887. The molecule has 1 fully saturated rings. The summed E-state index contributed by atoms with van der Waals surface area (Å²) in [6, 6.07) is 7.28. The molecule has 0 atom stereocenters. The van der Waals surface area contributed by atoms with E-state index in [-0.39, 0.29) is 0 Å².